The van der Waals surface area contributed by atoms with Crippen LogP contribution in [-0.2, 0) is 16.1 Å². The highest BCUT2D eigenvalue weighted by Crippen LogP contribution is 2.15. The molecule has 1 saturated heterocycles. The Morgan fingerprint density at radius 2 is 2.37 bits per heavy atom. The van der Waals surface area contributed by atoms with Crippen molar-refractivity contribution < 1.29 is 14.1 Å². The number of carbonyl (C=O) groups is 2. The zero-order valence-corrected chi connectivity index (χ0v) is 11.1. The first kappa shape index (κ1) is 13.5. The molecule has 1 aromatic heterocycles. The maximum Gasteiger partial charge on any atom is 0.245 e. The van der Waals surface area contributed by atoms with E-state index in [-0.39, 0.29) is 24.3 Å². The first-order valence-electron chi connectivity index (χ1n) is 6.45. The van der Waals surface area contributed by atoms with Crippen molar-refractivity contribution >= 4 is 11.8 Å². The smallest absolute Gasteiger partial charge is 0.245 e. The van der Waals surface area contributed by atoms with Crippen LogP contribution in [-0.4, -0.2) is 39.4 Å². The third kappa shape index (κ3) is 3.10. The minimum Gasteiger partial charge on any atom is -0.344 e. The van der Waals surface area contributed by atoms with E-state index in [4.69, 9.17) is 0 Å². The Hall–Kier alpha value is -1.92. The first-order valence-corrected chi connectivity index (χ1v) is 6.45. The van der Waals surface area contributed by atoms with Crippen molar-refractivity contribution in [1.29, 1.82) is 0 Å². The van der Waals surface area contributed by atoms with E-state index in [1.807, 2.05) is 13.8 Å². The molecule has 1 aliphatic heterocycles. The lowest BCUT2D eigenvalue weighted by atomic mass is 9.98. The molecule has 2 unspecified atom stereocenters. The quantitative estimate of drug-likeness (QED) is 0.848. The van der Waals surface area contributed by atoms with E-state index >= 15 is 0 Å². The fourth-order valence-corrected chi connectivity index (χ4v) is 2.06. The Balaban J connectivity index is 2.13. The van der Waals surface area contributed by atoms with Crippen molar-refractivity contribution in [1.82, 2.24) is 20.4 Å². The molecule has 2 rings (SSSR count). The molecule has 1 aliphatic rings. The Kier molecular flexibility index (Phi) is 4.13. The maximum atomic E-state index is 12.4. The zero-order chi connectivity index (χ0) is 13.8. The summed E-state index contributed by atoms with van der Waals surface area (Å²) in [4.78, 5) is 29.6. The van der Waals surface area contributed by atoms with Crippen LogP contribution in [0.1, 0.15) is 32.5 Å². The number of nitrogens with zero attached hydrogens (tertiary/aromatic N) is 3. The molecule has 0 saturated carbocycles. The molecule has 7 heteroatoms. The highest BCUT2D eigenvalue weighted by molar-refractivity contribution is 5.90. The van der Waals surface area contributed by atoms with Gasteiger partial charge in [0, 0.05) is 13.0 Å². The van der Waals surface area contributed by atoms with Crippen LogP contribution in [0.5, 0.6) is 0 Å². The largest absolute Gasteiger partial charge is 0.344 e. The summed E-state index contributed by atoms with van der Waals surface area (Å²) < 4.78 is 4.66. The molecule has 7 nitrogen and oxygen atoms in total. The predicted molar refractivity (Wildman–Crippen MR) is 65.7 cm³/mol. The fraction of sp³-hybridized carbons (Fsp3) is 0.667. The van der Waals surface area contributed by atoms with Crippen LogP contribution >= 0.6 is 0 Å². The molecule has 0 spiro atoms. The summed E-state index contributed by atoms with van der Waals surface area (Å²) in [5, 5.41) is 6.49. The van der Waals surface area contributed by atoms with E-state index < -0.39 is 6.04 Å². The van der Waals surface area contributed by atoms with Gasteiger partial charge in [0.15, 0.2) is 5.82 Å². The Bertz CT molecular complexity index is 446. The van der Waals surface area contributed by atoms with E-state index in [1.165, 1.54) is 6.39 Å². The van der Waals surface area contributed by atoms with Gasteiger partial charge >= 0.3 is 0 Å². The lowest BCUT2D eigenvalue weighted by Gasteiger charge is -2.26. The summed E-state index contributed by atoms with van der Waals surface area (Å²) in [7, 11) is 0. The van der Waals surface area contributed by atoms with Crippen LogP contribution in [0.3, 0.4) is 0 Å². The third-order valence-electron chi connectivity index (χ3n) is 3.46. The molecule has 0 bridgehead atoms. The van der Waals surface area contributed by atoms with Crippen molar-refractivity contribution in [3.05, 3.63) is 12.2 Å². The lowest BCUT2D eigenvalue weighted by molar-refractivity contribution is -0.135. The summed E-state index contributed by atoms with van der Waals surface area (Å²) in [5.41, 5.74) is 0. The normalized spacial score (nSPS) is 22.0. The van der Waals surface area contributed by atoms with Gasteiger partial charge in [-0.1, -0.05) is 25.4 Å². The fourth-order valence-electron chi connectivity index (χ4n) is 2.06. The molecular weight excluding hydrogens is 248 g/mol. The number of hydrogen-bond donors (Lipinski definition) is 1. The standard InChI is InChI=1S/C12H18N4O3/c1-3-8(2)11-12(18)16(5-4-10(17)14-11)6-9-13-7-19-15-9/h7-8,11H,3-6H2,1-2H3,(H,14,17). The number of nitrogens with one attached hydrogen (secondary N) is 1. The second-order valence-electron chi connectivity index (χ2n) is 4.79. The van der Waals surface area contributed by atoms with Crippen molar-refractivity contribution in [2.45, 2.75) is 39.3 Å². The molecule has 0 aromatic carbocycles. The summed E-state index contributed by atoms with van der Waals surface area (Å²) >= 11 is 0. The monoisotopic (exact) mass is 266 g/mol. The summed E-state index contributed by atoms with van der Waals surface area (Å²) in [6.07, 6.45) is 2.36. The lowest BCUT2D eigenvalue weighted by Crippen LogP contribution is -2.48. The SMILES string of the molecule is CCC(C)C1NC(=O)CCN(Cc2ncon2)C1=O. The van der Waals surface area contributed by atoms with Crippen LogP contribution in [0.15, 0.2) is 10.9 Å². The molecule has 0 aliphatic carbocycles. The number of aromatic nitrogens is 2. The summed E-state index contributed by atoms with van der Waals surface area (Å²) in [6.45, 7) is 4.61. The first-order chi connectivity index (χ1) is 9.11. The second-order valence-corrected chi connectivity index (χ2v) is 4.79. The van der Waals surface area contributed by atoms with E-state index in [0.717, 1.165) is 6.42 Å². The molecule has 0 radical (unpaired) electrons. The van der Waals surface area contributed by atoms with Crippen LogP contribution < -0.4 is 5.32 Å². The number of rotatable bonds is 4. The average molecular weight is 266 g/mol. The highest BCUT2D eigenvalue weighted by Gasteiger charge is 2.33. The average Bonchev–Trinajstić information content (AvgIpc) is 2.87. The molecule has 2 atom stereocenters. The van der Waals surface area contributed by atoms with E-state index in [1.54, 1.807) is 4.90 Å². The zero-order valence-electron chi connectivity index (χ0n) is 11.1. The third-order valence-corrected chi connectivity index (χ3v) is 3.46. The molecule has 1 N–H and O–H groups in total. The second kappa shape index (κ2) is 5.81. The number of amides is 2. The van der Waals surface area contributed by atoms with Crippen LogP contribution in [0.2, 0.25) is 0 Å². The number of hydrogen-bond acceptors (Lipinski definition) is 5. The van der Waals surface area contributed by atoms with Crippen molar-refractivity contribution in [2.24, 2.45) is 5.92 Å². The van der Waals surface area contributed by atoms with Gasteiger partial charge in [-0.15, -0.1) is 0 Å². The van der Waals surface area contributed by atoms with Crippen molar-refractivity contribution in [3.8, 4) is 0 Å². The highest BCUT2D eigenvalue weighted by atomic mass is 16.5. The molecule has 1 fully saturated rings. The van der Waals surface area contributed by atoms with Crippen molar-refractivity contribution in [2.75, 3.05) is 6.54 Å². The van der Waals surface area contributed by atoms with Crippen LogP contribution in [0.4, 0.5) is 0 Å². The van der Waals surface area contributed by atoms with Gasteiger partial charge in [-0.2, -0.15) is 4.98 Å². The summed E-state index contributed by atoms with van der Waals surface area (Å²) in [6, 6.07) is -0.466. The molecule has 2 amide bonds. The van der Waals surface area contributed by atoms with E-state index in [2.05, 4.69) is 20.0 Å². The van der Waals surface area contributed by atoms with E-state index in [0.29, 0.717) is 18.8 Å². The maximum absolute atomic E-state index is 12.4. The van der Waals surface area contributed by atoms with Gasteiger partial charge in [-0.25, -0.2) is 0 Å². The minimum absolute atomic E-state index is 0.0787. The van der Waals surface area contributed by atoms with Crippen molar-refractivity contribution in [3.63, 3.8) is 0 Å². The predicted octanol–water partition coefficient (Wildman–Crippen LogP) is 0.333. The van der Waals surface area contributed by atoms with E-state index in [9.17, 15) is 9.59 Å². The van der Waals surface area contributed by atoms with Gasteiger partial charge in [0.05, 0.1) is 6.54 Å². The van der Waals surface area contributed by atoms with Gasteiger partial charge in [0.2, 0.25) is 18.2 Å². The summed E-state index contributed by atoms with van der Waals surface area (Å²) in [5.74, 6) is 0.382. The Labute approximate surface area is 111 Å². The molecule has 104 valence electrons. The van der Waals surface area contributed by atoms with Crippen LogP contribution in [0, 0.1) is 5.92 Å². The van der Waals surface area contributed by atoms with Gasteiger partial charge in [-0.3, -0.25) is 9.59 Å². The van der Waals surface area contributed by atoms with Gasteiger partial charge in [-0.05, 0) is 5.92 Å². The molecule has 19 heavy (non-hydrogen) atoms. The molecule has 1 aromatic rings. The van der Waals surface area contributed by atoms with Gasteiger partial charge in [0.1, 0.15) is 6.04 Å². The Morgan fingerprint density at radius 1 is 1.58 bits per heavy atom. The van der Waals surface area contributed by atoms with Gasteiger partial charge in [0.25, 0.3) is 0 Å². The Morgan fingerprint density at radius 3 is 3.00 bits per heavy atom. The minimum atomic E-state index is -0.466. The topological polar surface area (TPSA) is 88.3 Å². The van der Waals surface area contributed by atoms with Crippen LogP contribution in [0.25, 0.3) is 0 Å². The molecule has 2 heterocycles. The number of carbonyl (C=O) groups excluding carboxylic acids is 2. The van der Waals surface area contributed by atoms with Gasteiger partial charge < -0.3 is 14.7 Å². The molecular formula is C12H18N4O3.